The van der Waals surface area contributed by atoms with Gasteiger partial charge in [-0.2, -0.15) is 0 Å². The maximum Gasteiger partial charge on any atom is 0.119 e. The predicted molar refractivity (Wildman–Crippen MR) is 63.6 cm³/mol. The van der Waals surface area contributed by atoms with Gasteiger partial charge in [-0.25, -0.2) is 0 Å². The smallest absolute Gasteiger partial charge is 0.119 e. The first-order valence-electron chi connectivity index (χ1n) is 5.96. The van der Waals surface area contributed by atoms with Gasteiger partial charge in [0.2, 0.25) is 0 Å². The second-order valence-electron chi connectivity index (χ2n) is 4.74. The van der Waals surface area contributed by atoms with Crippen molar-refractivity contribution in [3.05, 3.63) is 29.8 Å². The summed E-state index contributed by atoms with van der Waals surface area (Å²) < 4.78 is 5.28. The Hall–Kier alpha value is -1.06. The summed E-state index contributed by atoms with van der Waals surface area (Å²) in [5.41, 5.74) is 1.36. The molecule has 0 aliphatic carbocycles. The molecule has 0 radical (unpaired) electrons. The van der Waals surface area contributed by atoms with Crippen molar-refractivity contribution in [1.82, 2.24) is 10.6 Å². The molecular formula is C13H18N2O. The quantitative estimate of drug-likeness (QED) is 0.782. The number of ether oxygens (including phenoxy) is 1. The molecule has 0 aromatic heterocycles. The van der Waals surface area contributed by atoms with Gasteiger partial charge in [-0.15, -0.1) is 0 Å². The number of nitrogens with one attached hydrogen (secondary N) is 2. The first-order valence-corrected chi connectivity index (χ1v) is 5.96. The van der Waals surface area contributed by atoms with E-state index in [-0.39, 0.29) is 0 Å². The first-order chi connectivity index (χ1) is 7.88. The van der Waals surface area contributed by atoms with Gasteiger partial charge < -0.3 is 15.4 Å². The molecule has 1 aromatic rings. The molecule has 3 heteroatoms. The summed E-state index contributed by atoms with van der Waals surface area (Å²) >= 11 is 0. The van der Waals surface area contributed by atoms with Gasteiger partial charge in [0.05, 0.1) is 7.11 Å². The molecule has 0 bridgehead atoms. The molecule has 86 valence electrons. The van der Waals surface area contributed by atoms with Crippen LogP contribution in [0.3, 0.4) is 0 Å². The Morgan fingerprint density at radius 1 is 1.25 bits per heavy atom. The summed E-state index contributed by atoms with van der Waals surface area (Å²) in [6.07, 6.45) is 0. The van der Waals surface area contributed by atoms with Crippen LogP contribution in [0.4, 0.5) is 0 Å². The van der Waals surface area contributed by atoms with Crippen LogP contribution in [-0.4, -0.2) is 26.7 Å². The second kappa shape index (κ2) is 4.07. The second-order valence-corrected chi connectivity index (χ2v) is 4.74. The Labute approximate surface area is 96.2 Å². The zero-order valence-electron chi connectivity index (χ0n) is 9.57. The minimum Gasteiger partial charge on any atom is -0.497 e. The Kier molecular flexibility index (Phi) is 2.58. The fraction of sp³-hybridized carbons (Fsp3) is 0.538. The fourth-order valence-corrected chi connectivity index (χ4v) is 3.00. The van der Waals surface area contributed by atoms with Crippen LogP contribution >= 0.6 is 0 Å². The molecule has 2 N–H and O–H groups in total. The van der Waals surface area contributed by atoms with Crippen molar-refractivity contribution in [3.8, 4) is 5.75 Å². The highest BCUT2D eigenvalue weighted by molar-refractivity contribution is 5.32. The lowest BCUT2D eigenvalue weighted by atomic mass is 9.90. The average molecular weight is 218 g/mol. The van der Waals surface area contributed by atoms with E-state index in [9.17, 15) is 0 Å². The topological polar surface area (TPSA) is 33.3 Å². The third-order valence-corrected chi connectivity index (χ3v) is 3.87. The molecule has 2 aliphatic rings. The van der Waals surface area contributed by atoms with Gasteiger partial charge >= 0.3 is 0 Å². The molecule has 3 atom stereocenters. The molecule has 2 heterocycles. The minimum atomic E-state index is 0.495. The minimum absolute atomic E-state index is 0.495. The summed E-state index contributed by atoms with van der Waals surface area (Å²) in [7, 11) is 1.72. The number of fused-ring (bicyclic) bond motifs is 1. The van der Waals surface area contributed by atoms with E-state index in [1.807, 2.05) is 6.07 Å². The lowest BCUT2D eigenvalue weighted by Gasteiger charge is -2.18. The summed E-state index contributed by atoms with van der Waals surface area (Å²) in [4.78, 5) is 0. The molecular weight excluding hydrogens is 200 g/mol. The molecule has 3 unspecified atom stereocenters. The highest BCUT2D eigenvalue weighted by atomic mass is 16.5. The average Bonchev–Trinajstić information content (AvgIpc) is 2.90. The Balaban J connectivity index is 1.86. The lowest BCUT2D eigenvalue weighted by Crippen LogP contribution is -2.23. The molecule has 16 heavy (non-hydrogen) atoms. The molecule has 0 spiro atoms. The van der Waals surface area contributed by atoms with Crippen LogP contribution in [0.25, 0.3) is 0 Å². The van der Waals surface area contributed by atoms with Gasteiger partial charge in [-0.05, 0) is 36.1 Å². The molecule has 2 fully saturated rings. The van der Waals surface area contributed by atoms with Gasteiger partial charge in [-0.3, -0.25) is 0 Å². The van der Waals surface area contributed by atoms with Gasteiger partial charge in [-0.1, -0.05) is 12.1 Å². The molecule has 3 rings (SSSR count). The molecule has 2 saturated heterocycles. The number of hydrogen-bond acceptors (Lipinski definition) is 3. The first kappa shape index (κ1) is 10.1. The van der Waals surface area contributed by atoms with Crippen molar-refractivity contribution in [2.24, 2.45) is 11.8 Å². The SMILES string of the molecule is COc1cccc(C2NCC3CNCC32)c1. The van der Waals surface area contributed by atoms with Crippen LogP contribution in [0.15, 0.2) is 24.3 Å². The normalized spacial score (nSPS) is 32.7. The summed E-state index contributed by atoms with van der Waals surface area (Å²) in [6.45, 7) is 3.44. The van der Waals surface area contributed by atoms with E-state index in [0.29, 0.717) is 6.04 Å². The van der Waals surface area contributed by atoms with Crippen molar-refractivity contribution in [1.29, 1.82) is 0 Å². The van der Waals surface area contributed by atoms with Crippen LogP contribution in [0, 0.1) is 11.8 Å². The lowest BCUT2D eigenvalue weighted by molar-refractivity contribution is 0.410. The van der Waals surface area contributed by atoms with E-state index in [0.717, 1.165) is 37.2 Å². The summed E-state index contributed by atoms with van der Waals surface area (Å²) in [5, 5.41) is 7.11. The Morgan fingerprint density at radius 2 is 2.19 bits per heavy atom. The van der Waals surface area contributed by atoms with Crippen LogP contribution < -0.4 is 15.4 Å². The summed E-state index contributed by atoms with van der Waals surface area (Å²) in [6, 6.07) is 8.92. The molecule has 3 nitrogen and oxygen atoms in total. The van der Waals surface area contributed by atoms with Crippen LogP contribution in [0.2, 0.25) is 0 Å². The van der Waals surface area contributed by atoms with E-state index in [4.69, 9.17) is 4.74 Å². The van der Waals surface area contributed by atoms with Crippen LogP contribution in [0.5, 0.6) is 5.75 Å². The van der Waals surface area contributed by atoms with Gasteiger partial charge in [0.15, 0.2) is 0 Å². The summed E-state index contributed by atoms with van der Waals surface area (Å²) in [5.74, 6) is 2.50. The zero-order valence-corrected chi connectivity index (χ0v) is 9.57. The molecule has 0 saturated carbocycles. The van der Waals surface area contributed by atoms with Crippen molar-refractivity contribution in [2.45, 2.75) is 6.04 Å². The highest BCUT2D eigenvalue weighted by Gasteiger charge is 2.39. The van der Waals surface area contributed by atoms with Crippen molar-refractivity contribution in [3.63, 3.8) is 0 Å². The maximum absolute atomic E-state index is 5.28. The molecule has 1 aromatic carbocycles. The molecule has 0 amide bonds. The number of hydrogen-bond donors (Lipinski definition) is 2. The third-order valence-electron chi connectivity index (χ3n) is 3.87. The number of rotatable bonds is 2. The van der Waals surface area contributed by atoms with E-state index < -0.39 is 0 Å². The third kappa shape index (κ3) is 1.60. The number of methoxy groups -OCH3 is 1. The van der Waals surface area contributed by atoms with Gasteiger partial charge in [0.25, 0.3) is 0 Å². The van der Waals surface area contributed by atoms with E-state index >= 15 is 0 Å². The van der Waals surface area contributed by atoms with Crippen molar-refractivity contribution in [2.75, 3.05) is 26.7 Å². The fourth-order valence-electron chi connectivity index (χ4n) is 3.00. The van der Waals surface area contributed by atoms with E-state index in [2.05, 4.69) is 28.8 Å². The predicted octanol–water partition coefficient (Wildman–Crippen LogP) is 1.18. The van der Waals surface area contributed by atoms with E-state index in [1.165, 1.54) is 5.56 Å². The highest BCUT2D eigenvalue weighted by Crippen LogP contribution is 2.36. The molecule has 2 aliphatic heterocycles. The standard InChI is InChI=1S/C13H18N2O/c1-16-11-4-2-3-9(5-11)13-12-8-14-6-10(12)7-15-13/h2-5,10,12-15H,6-8H2,1H3. The number of benzene rings is 1. The largest absolute Gasteiger partial charge is 0.497 e. The maximum atomic E-state index is 5.28. The van der Waals surface area contributed by atoms with Crippen molar-refractivity contribution < 1.29 is 4.74 Å². The zero-order chi connectivity index (χ0) is 11.0. The Morgan fingerprint density at radius 3 is 3.06 bits per heavy atom. The van der Waals surface area contributed by atoms with E-state index in [1.54, 1.807) is 7.11 Å². The Bertz CT molecular complexity index is 380. The monoisotopic (exact) mass is 218 g/mol. The van der Waals surface area contributed by atoms with Gasteiger partial charge in [0, 0.05) is 19.1 Å². The van der Waals surface area contributed by atoms with Crippen LogP contribution in [0.1, 0.15) is 11.6 Å². The van der Waals surface area contributed by atoms with Gasteiger partial charge in [0.1, 0.15) is 5.75 Å². The van der Waals surface area contributed by atoms with Crippen molar-refractivity contribution >= 4 is 0 Å². The van der Waals surface area contributed by atoms with Crippen LogP contribution in [-0.2, 0) is 0 Å².